The van der Waals surface area contributed by atoms with E-state index in [2.05, 4.69) is 62.5 Å². The van der Waals surface area contributed by atoms with E-state index in [0.717, 1.165) is 29.4 Å². The lowest BCUT2D eigenvalue weighted by atomic mass is 9.72. The molecule has 24 heavy (non-hydrogen) atoms. The number of rotatable bonds is 4. The summed E-state index contributed by atoms with van der Waals surface area (Å²) in [4.78, 5) is 13.4. The van der Waals surface area contributed by atoms with Crippen molar-refractivity contribution < 1.29 is 4.79 Å². The number of amides is 1. The molecule has 0 heterocycles. The number of carbonyl (C=O) groups excluding carboxylic acids is 1. The van der Waals surface area contributed by atoms with E-state index in [1.165, 1.54) is 18.4 Å². The van der Waals surface area contributed by atoms with Crippen molar-refractivity contribution in [3.05, 3.63) is 29.8 Å². The summed E-state index contributed by atoms with van der Waals surface area (Å²) >= 11 is 1.57. The average molecular weight is 347 g/mol. The second-order valence-corrected chi connectivity index (χ2v) is 9.28. The van der Waals surface area contributed by atoms with Gasteiger partial charge in [0, 0.05) is 10.6 Å². The van der Waals surface area contributed by atoms with Gasteiger partial charge < -0.3 is 0 Å². The molecule has 0 spiro atoms. The second kappa shape index (κ2) is 8.19. The van der Waals surface area contributed by atoms with Gasteiger partial charge in [0.2, 0.25) is 0 Å². The Labute approximate surface area is 150 Å². The predicted octanol–water partition coefficient (Wildman–Crippen LogP) is 5.18. The zero-order valence-electron chi connectivity index (χ0n) is 15.6. The highest BCUT2D eigenvalue weighted by atomic mass is 32.2. The highest BCUT2D eigenvalue weighted by molar-refractivity contribution is 8.00. The van der Waals surface area contributed by atoms with Crippen LogP contribution in [0.2, 0.25) is 0 Å². The van der Waals surface area contributed by atoms with E-state index < -0.39 is 0 Å². The lowest BCUT2D eigenvalue weighted by Crippen LogP contribution is -2.30. The summed E-state index contributed by atoms with van der Waals surface area (Å²) in [6.07, 6.45) is 4.35. The fourth-order valence-corrected chi connectivity index (χ4v) is 3.89. The van der Waals surface area contributed by atoms with Crippen LogP contribution < -0.4 is 5.43 Å². The molecule has 1 N–H and O–H groups in total. The van der Waals surface area contributed by atoms with Crippen LogP contribution in [0.4, 0.5) is 0 Å². The van der Waals surface area contributed by atoms with Crippen molar-refractivity contribution in [2.75, 3.05) is 0 Å². The first-order valence-electron chi connectivity index (χ1n) is 8.84. The van der Waals surface area contributed by atoms with Crippen molar-refractivity contribution in [2.24, 2.45) is 16.4 Å². The third-order valence-corrected chi connectivity index (χ3v) is 5.93. The molecule has 1 unspecified atom stereocenters. The van der Waals surface area contributed by atoms with Crippen LogP contribution in [-0.4, -0.2) is 16.9 Å². The molecule has 0 saturated heterocycles. The molecule has 1 aromatic rings. The van der Waals surface area contributed by atoms with E-state index in [9.17, 15) is 4.79 Å². The molecular formula is C20H30N2OS. The standard InChI is InChI=1S/C20H30N2OS/c1-14-6-12-18(13-7-14)24-15(2)19(23)22-21-17-10-8-16(9-11-17)20(3,4)5/h6-7,12-13,15-16H,8-11H2,1-5H3,(H,22,23). The third-order valence-electron chi connectivity index (χ3n) is 4.81. The van der Waals surface area contributed by atoms with Crippen molar-refractivity contribution in [1.82, 2.24) is 5.43 Å². The Hall–Kier alpha value is -1.29. The van der Waals surface area contributed by atoms with Gasteiger partial charge in [-0.3, -0.25) is 4.79 Å². The molecule has 1 amide bonds. The van der Waals surface area contributed by atoms with E-state index in [1.807, 2.05) is 6.92 Å². The number of aryl methyl sites for hydroxylation is 1. The van der Waals surface area contributed by atoms with Crippen LogP contribution in [0.5, 0.6) is 0 Å². The van der Waals surface area contributed by atoms with Gasteiger partial charge in [-0.1, -0.05) is 38.5 Å². The summed E-state index contributed by atoms with van der Waals surface area (Å²) in [5.41, 5.74) is 5.50. The molecule has 132 valence electrons. The van der Waals surface area contributed by atoms with Crippen LogP contribution in [0.1, 0.15) is 58.9 Å². The molecule has 1 saturated carbocycles. The van der Waals surface area contributed by atoms with Gasteiger partial charge in [-0.25, -0.2) is 5.43 Å². The smallest absolute Gasteiger partial charge is 0.253 e. The maximum atomic E-state index is 12.2. The first-order chi connectivity index (χ1) is 11.3. The molecule has 1 fully saturated rings. The van der Waals surface area contributed by atoms with Crippen LogP contribution >= 0.6 is 11.8 Å². The van der Waals surface area contributed by atoms with Crippen molar-refractivity contribution in [2.45, 2.75) is 70.4 Å². The number of nitrogens with one attached hydrogen (secondary N) is 1. The van der Waals surface area contributed by atoms with E-state index in [0.29, 0.717) is 5.41 Å². The fraction of sp³-hybridized carbons (Fsp3) is 0.600. The number of hydrogen-bond acceptors (Lipinski definition) is 3. The lowest BCUT2D eigenvalue weighted by molar-refractivity contribution is -0.120. The Morgan fingerprint density at radius 1 is 1.21 bits per heavy atom. The highest BCUT2D eigenvalue weighted by Gasteiger charge is 2.28. The van der Waals surface area contributed by atoms with Gasteiger partial charge in [0.1, 0.15) is 0 Å². The van der Waals surface area contributed by atoms with Crippen molar-refractivity contribution in [3.63, 3.8) is 0 Å². The second-order valence-electron chi connectivity index (χ2n) is 7.87. The molecule has 0 radical (unpaired) electrons. The number of nitrogens with zero attached hydrogens (tertiary/aromatic N) is 1. The molecule has 1 aliphatic carbocycles. The number of hydrazone groups is 1. The maximum Gasteiger partial charge on any atom is 0.253 e. The van der Waals surface area contributed by atoms with E-state index in [-0.39, 0.29) is 11.2 Å². The lowest BCUT2D eigenvalue weighted by Gasteiger charge is -2.34. The molecule has 1 atom stereocenters. The molecule has 1 aromatic carbocycles. The summed E-state index contributed by atoms with van der Waals surface area (Å²) < 4.78 is 0. The molecule has 0 bridgehead atoms. The van der Waals surface area contributed by atoms with Gasteiger partial charge in [-0.2, -0.15) is 5.10 Å². The Morgan fingerprint density at radius 2 is 1.79 bits per heavy atom. The zero-order chi connectivity index (χ0) is 17.7. The normalized spacial score (nSPS) is 19.7. The highest BCUT2D eigenvalue weighted by Crippen LogP contribution is 2.36. The van der Waals surface area contributed by atoms with Crippen molar-refractivity contribution >= 4 is 23.4 Å². The Morgan fingerprint density at radius 3 is 2.33 bits per heavy atom. The molecular weight excluding hydrogens is 316 g/mol. The minimum absolute atomic E-state index is 0.0222. The van der Waals surface area contributed by atoms with E-state index in [4.69, 9.17) is 0 Å². The summed E-state index contributed by atoms with van der Waals surface area (Å²) in [6.45, 7) is 10.9. The van der Waals surface area contributed by atoms with E-state index in [1.54, 1.807) is 11.8 Å². The molecule has 1 aliphatic rings. The quantitative estimate of drug-likeness (QED) is 0.602. The third kappa shape index (κ3) is 5.66. The van der Waals surface area contributed by atoms with Gasteiger partial charge in [0.25, 0.3) is 5.91 Å². The molecule has 4 heteroatoms. The van der Waals surface area contributed by atoms with Gasteiger partial charge in [-0.15, -0.1) is 11.8 Å². The Kier molecular flexibility index (Phi) is 6.50. The molecule has 3 nitrogen and oxygen atoms in total. The molecule has 0 aliphatic heterocycles. The van der Waals surface area contributed by atoms with Crippen molar-refractivity contribution in [3.8, 4) is 0 Å². The minimum atomic E-state index is -0.150. The largest absolute Gasteiger partial charge is 0.272 e. The van der Waals surface area contributed by atoms with Gasteiger partial charge in [0.05, 0.1) is 5.25 Å². The fourth-order valence-electron chi connectivity index (χ4n) is 3.03. The Balaban J connectivity index is 1.81. The van der Waals surface area contributed by atoms with Gasteiger partial charge in [-0.05, 0) is 63.0 Å². The monoisotopic (exact) mass is 346 g/mol. The van der Waals surface area contributed by atoms with Crippen molar-refractivity contribution in [1.29, 1.82) is 0 Å². The van der Waals surface area contributed by atoms with Crippen LogP contribution in [0.15, 0.2) is 34.3 Å². The van der Waals surface area contributed by atoms with Gasteiger partial charge >= 0.3 is 0 Å². The Bertz CT molecular complexity index is 577. The first-order valence-corrected chi connectivity index (χ1v) is 9.72. The maximum absolute atomic E-state index is 12.2. The first kappa shape index (κ1) is 19.0. The van der Waals surface area contributed by atoms with Crippen LogP contribution in [0.25, 0.3) is 0 Å². The number of hydrogen-bond donors (Lipinski definition) is 1. The SMILES string of the molecule is Cc1ccc(SC(C)C(=O)NN=C2CCC(C(C)(C)C)CC2)cc1. The number of thioether (sulfide) groups is 1. The molecule has 2 rings (SSSR count). The molecule has 0 aromatic heterocycles. The summed E-state index contributed by atoms with van der Waals surface area (Å²) in [7, 11) is 0. The van der Waals surface area contributed by atoms with Gasteiger partial charge in [0.15, 0.2) is 0 Å². The zero-order valence-corrected chi connectivity index (χ0v) is 16.4. The van der Waals surface area contributed by atoms with Crippen LogP contribution in [-0.2, 0) is 4.79 Å². The summed E-state index contributed by atoms with van der Waals surface area (Å²) in [6, 6.07) is 8.26. The van der Waals surface area contributed by atoms with E-state index >= 15 is 0 Å². The predicted molar refractivity (Wildman–Crippen MR) is 103 cm³/mol. The summed E-state index contributed by atoms with van der Waals surface area (Å²) in [5, 5.41) is 4.23. The van der Waals surface area contributed by atoms with Crippen LogP contribution in [0, 0.1) is 18.3 Å². The minimum Gasteiger partial charge on any atom is -0.272 e. The number of benzene rings is 1. The number of carbonyl (C=O) groups is 1. The average Bonchev–Trinajstić information content (AvgIpc) is 2.54. The summed E-state index contributed by atoms with van der Waals surface area (Å²) in [5.74, 6) is 0.731. The topological polar surface area (TPSA) is 41.5 Å². The van der Waals surface area contributed by atoms with Crippen LogP contribution in [0.3, 0.4) is 0 Å².